The van der Waals surface area contributed by atoms with Gasteiger partial charge in [0.1, 0.15) is 11.5 Å². The van der Waals surface area contributed by atoms with Crippen LogP contribution in [0.5, 0.6) is 5.75 Å². The molecule has 0 bridgehead atoms. The second-order valence-corrected chi connectivity index (χ2v) is 8.11. The number of carbonyl (C=O) groups excluding carboxylic acids is 2. The summed E-state index contributed by atoms with van der Waals surface area (Å²) in [4.78, 5) is 34.0. The fraction of sp³-hybridized carbons (Fsp3) is 0.400. The molecule has 8 heteroatoms. The number of Topliss-reactive ketones (excluding diaryl/α,β-unsaturated/α-hetero) is 1. The first-order chi connectivity index (χ1) is 16.1. The summed E-state index contributed by atoms with van der Waals surface area (Å²) in [6.45, 7) is 6.49. The molecular weight excluding hydrogens is 422 g/mol. The highest BCUT2D eigenvalue weighted by atomic mass is 16.5. The van der Waals surface area contributed by atoms with Gasteiger partial charge in [0.15, 0.2) is 0 Å². The summed E-state index contributed by atoms with van der Waals surface area (Å²) in [5.74, 6) is -0.808. The molecule has 174 valence electrons. The van der Waals surface area contributed by atoms with Crippen LogP contribution in [-0.2, 0) is 14.3 Å². The number of ketones is 1. The fourth-order valence-corrected chi connectivity index (χ4v) is 4.15. The molecule has 8 nitrogen and oxygen atoms in total. The summed E-state index contributed by atoms with van der Waals surface area (Å²) in [6, 6.07) is 9.77. The van der Waals surface area contributed by atoms with E-state index in [4.69, 9.17) is 9.47 Å². The van der Waals surface area contributed by atoms with Gasteiger partial charge in [-0.25, -0.2) is 0 Å². The minimum Gasteiger partial charge on any atom is -0.507 e. The number of amides is 1. The molecule has 0 spiro atoms. The Labute approximate surface area is 193 Å². The normalized spacial score (nSPS) is 20.9. The van der Waals surface area contributed by atoms with Crippen LogP contribution in [-0.4, -0.2) is 77.6 Å². The maximum atomic E-state index is 13.1. The van der Waals surface area contributed by atoms with Gasteiger partial charge in [-0.05, 0) is 42.3 Å². The van der Waals surface area contributed by atoms with Crippen molar-refractivity contribution in [3.05, 3.63) is 65.5 Å². The Hall–Kier alpha value is -3.23. The van der Waals surface area contributed by atoms with Crippen LogP contribution < -0.4 is 4.74 Å². The van der Waals surface area contributed by atoms with Crippen LogP contribution in [0.1, 0.15) is 30.5 Å². The van der Waals surface area contributed by atoms with E-state index in [0.717, 1.165) is 19.5 Å². The van der Waals surface area contributed by atoms with Gasteiger partial charge in [-0.1, -0.05) is 13.0 Å². The maximum Gasteiger partial charge on any atom is 0.295 e. The topological polar surface area (TPSA) is 92.2 Å². The van der Waals surface area contributed by atoms with Gasteiger partial charge in [-0.15, -0.1) is 0 Å². The predicted molar refractivity (Wildman–Crippen MR) is 123 cm³/mol. The number of morpholine rings is 1. The number of aromatic nitrogens is 1. The zero-order valence-electron chi connectivity index (χ0n) is 18.8. The predicted octanol–water partition coefficient (Wildman–Crippen LogP) is 2.62. The third-order valence-corrected chi connectivity index (χ3v) is 5.90. The Morgan fingerprint density at radius 2 is 1.91 bits per heavy atom. The molecule has 2 aliphatic heterocycles. The van der Waals surface area contributed by atoms with E-state index in [1.54, 1.807) is 47.6 Å². The highest BCUT2D eigenvalue weighted by molar-refractivity contribution is 6.46. The number of ether oxygens (including phenoxy) is 2. The van der Waals surface area contributed by atoms with Gasteiger partial charge < -0.3 is 19.5 Å². The van der Waals surface area contributed by atoms with Gasteiger partial charge >= 0.3 is 0 Å². The molecule has 1 N–H and O–H groups in total. The molecule has 1 aromatic heterocycles. The van der Waals surface area contributed by atoms with Crippen LogP contribution in [0.15, 0.2) is 54.4 Å². The maximum absolute atomic E-state index is 13.1. The molecule has 1 aromatic carbocycles. The van der Waals surface area contributed by atoms with Crippen molar-refractivity contribution in [3.63, 3.8) is 0 Å². The Balaban J connectivity index is 1.66. The molecule has 1 atom stereocenters. The van der Waals surface area contributed by atoms with Crippen LogP contribution in [0.3, 0.4) is 0 Å². The van der Waals surface area contributed by atoms with E-state index in [9.17, 15) is 14.7 Å². The number of aliphatic hydroxyl groups is 1. The zero-order valence-corrected chi connectivity index (χ0v) is 18.8. The number of hydrogen-bond acceptors (Lipinski definition) is 7. The summed E-state index contributed by atoms with van der Waals surface area (Å²) in [5, 5.41) is 11.1. The van der Waals surface area contributed by atoms with Crippen LogP contribution >= 0.6 is 0 Å². The van der Waals surface area contributed by atoms with Crippen LogP contribution in [0.25, 0.3) is 5.76 Å². The van der Waals surface area contributed by atoms with E-state index in [1.165, 1.54) is 0 Å². The van der Waals surface area contributed by atoms with E-state index in [-0.39, 0.29) is 11.3 Å². The highest BCUT2D eigenvalue weighted by Crippen LogP contribution is 2.39. The molecule has 2 aromatic rings. The molecule has 1 unspecified atom stereocenters. The summed E-state index contributed by atoms with van der Waals surface area (Å²) in [6.07, 6.45) is 4.16. The zero-order chi connectivity index (χ0) is 23.2. The molecule has 2 aliphatic rings. The summed E-state index contributed by atoms with van der Waals surface area (Å²) >= 11 is 0. The quantitative estimate of drug-likeness (QED) is 0.375. The van der Waals surface area contributed by atoms with Crippen molar-refractivity contribution < 1.29 is 24.2 Å². The number of carbonyl (C=O) groups is 2. The monoisotopic (exact) mass is 451 g/mol. The number of rotatable bonds is 8. The van der Waals surface area contributed by atoms with Crippen LogP contribution in [0.4, 0.5) is 0 Å². The molecule has 0 aliphatic carbocycles. The van der Waals surface area contributed by atoms with Crippen molar-refractivity contribution in [3.8, 4) is 5.75 Å². The third-order valence-electron chi connectivity index (χ3n) is 5.90. The second-order valence-electron chi connectivity index (χ2n) is 8.11. The molecule has 3 heterocycles. The molecule has 2 fully saturated rings. The molecule has 4 rings (SSSR count). The van der Waals surface area contributed by atoms with Crippen LogP contribution in [0.2, 0.25) is 0 Å². The smallest absolute Gasteiger partial charge is 0.295 e. The number of nitrogens with zero attached hydrogens (tertiary/aromatic N) is 3. The summed E-state index contributed by atoms with van der Waals surface area (Å²) < 4.78 is 11.0. The standard InChI is InChI=1S/C25H29N3O5/c1-2-14-33-20-7-5-18(6-8-20)23(29)21-22(19-4-3-9-26-17-19)28(25(31)24(21)30)11-10-27-12-15-32-16-13-27/h3-9,17,22,29H,2,10-16H2,1H3/b23-21-. The van der Waals surface area contributed by atoms with Crippen molar-refractivity contribution in [2.24, 2.45) is 0 Å². The molecule has 33 heavy (non-hydrogen) atoms. The van der Waals surface area contributed by atoms with Crippen molar-refractivity contribution in [1.82, 2.24) is 14.8 Å². The summed E-state index contributed by atoms with van der Waals surface area (Å²) in [7, 11) is 0. The summed E-state index contributed by atoms with van der Waals surface area (Å²) in [5.41, 5.74) is 1.22. The lowest BCUT2D eigenvalue weighted by molar-refractivity contribution is -0.140. The minimum absolute atomic E-state index is 0.0807. The second kappa shape index (κ2) is 10.6. The van der Waals surface area contributed by atoms with E-state index in [2.05, 4.69) is 9.88 Å². The first kappa shape index (κ1) is 22.9. The van der Waals surface area contributed by atoms with Gasteiger partial charge in [-0.2, -0.15) is 0 Å². The number of hydrogen-bond donors (Lipinski definition) is 1. The Bertz CT molecular complexity index is 1000. The lowest BCUT2D eigenvalue weighted by atomic mass is 9.96. The van der Waals surface area contributed by atoms with E-state index in [1.807, 2.05) is 13.0 Å². The first-order valence-corrected chi connectivity index (χ1v) is 11.3. The van der Waals surface area contributed by atoms with E-state index in [0.29, 0.717) is 49.8 Å². The lowest BCUT2D eigenvalue weighted by Gasteiger charge is -2.30. The highest BCUT2D eigenvalue weighted by Gasteiger charge is 2.46. The SMILES string of the molecule is CCCOc1ccc(/C(O)=C2/C(=O)C(=O)N(CCN3CCOCC3)C2c2cccnc2)cc1. The molecule has 0 saturated carbocycles. The largest absolute Gasteiger partial charge is 0.507 e. The Morgan fingerprint density at radius 1 is 1.15 bits per heavy atom. The van der Waals surface area contributed by atoms with Gasteiger partial charge in [0.05, 0.1) is 31.4 Å². The van der Waals surface area contributed by atoms with Gasteiger partial charge in [0.25, 0.3) is 11.7 Å². The number of pyridine rings is 1. The van der Waals surface area contributed by atoms with Crippen LogP contribution in [0, 0.1) is 0 Å². The van der Waals surface area contributed by atoms with Crippen molar-refractivity contribution in [2.75, 3.05) is 46.0 Å². The van der Waals surface area contributed by atoms with Crippen molar-refractivity contribution in [1.29, 1.82) is 0 Å². The van der Waals surface area contributed by atoms with Crippen molar-refractivity contribution >= 4 is 17.4 Å². The number of aliphatic hydroxyl groups excluding tert-OH is 1. The average molecular weight is 452 g/mol. The number of benzene rings is 1. The average Bonchev–Trinajstić information content (AvgIpc) is 3.12. The Kier molecular flexibility index (Phi) is 7.36. The first-order valence-electron chi connectivity index (χ1n) is 11.3. The minimum atomic E-state index is -0.698. The molecule has 0 radical (unpaired) electrons. The molecule has 1 amide bonds. The fourth-order valence-electron chi connectivity index (χ4n) is 4.15. The number of likely N-dealkylation sites (tertiary alicyclic amines) is 1. The lowest BCUT2D eigenvalue weighted by Crippen LogP contribution is -2.42. The third kappa shape index (κ3) is 5.07. The van der Waals surface area contributed by atoms with Gasteiger partial charge in [0, 0.05) is 44.1 Å². The Morgan fingerprint density at radius 3 is 2.58 bits per heavy atom. The van der Waals surface area contributed by atoms with Gasteiger partial charge in [-0.3, -0.25) is 19.5 Å². The van der Waals surface area contributed by atoms with Gasteiger partial charge in [0.2, 0.25) is 0 Å². The van der Waals surface area contributed by atoms with Crippen molar-refractivity contribution in [2.45, 2.75) is 19.4 Å². The molecular formula is C25H29N3O5. The molecule has 2 saturated heterocycles. The van der Waals surface area contributed by atoms with E-state index < -0.39 is 17.7 Å². The van der Waals surface area contributed by atoms with E-state index >= 15 is 0 Å².